The van der Waals surface area contributed by atoms with Crippen LogP contribution in [0.3, 0.4) is 0 Å². The van der Waals surface area contributed by atoms with Gasteiger partial charge < -0.3 is 15.1 Å². The van der Waals surface area contributed by atoms with E-state index < -0.39 is 0 Å². The molecule has 0 unspecified atom stereocenters. The molecule has 0 fully saturated rings. The minimum absolute atomic E-state index is 0.0140. The Hall–Kier alpha value is -2.23. The molecule has 0 aliphatic rings. The van der Waals surface area contributed by atoms with Crippen LogP contribution < -0.4 is 10.6 Å². The van der Waals surface area contributed by atoms with Gasteiger partial charge in [0, 0.05) is 18.7 Å². The fourth-order valence-electron chi connectivity index (χ4n) is 2.08. The topological polar surface area (TPSA) is 54.3 Å². The fraction of sp³-hybridized carbons (Fsp3) is 0.312. The van der Waals surface area contributed by atoms with Crippen molar-refractivity contribution in [2.45, 2.75) is 26.8 Å². The van der Waals surface area contributed by atoms with Gasteiger partial charge in [-0.25, -0.2) is 0 Å². The van der Waals surface area contributed by atoms with Gasteiger partial charge in [0.05, 0.1) is 12.8 Å². The number of benzene rings is 1. The van der Waals surface area contributed by atoms with Crippen LogP contribution in [-0.4, -0.2) is 12.5 Å². The molecule has 106 valence electrons. The van der Waals surface area contributed by atoms with Crippen LogP contribution in [0.2, 0.25) is 0 Å². The summed E-state index contributed by atoms with van der Waals surface area (Å²) in [6, 6.07) is 9.81. The summed E-state index contributed by atoms with van der Waals surface area (Å²) in [5.74, 6) is 0.779. The Morgan fingerprint density at radius 2 is 1.90 bits per heavy atom. The smallest absolute Gasteiger partial charge is 0.222 e. The first-order valence-corrected chi connectivity index (χ1v) is 6.76. The van der Waals surface area contributed by atoms with Crippen molar-refractivity contribution in [2.75, 3.05) is 11.9 Å². The summed E-state index contributed by atoms with van der Waals surface area (Å²) in [7, 11) is 0. The van der Waals surface area contributed by atoms with Gasteiger partial charge in [-0.05, 0) is 37.1 Å². The number of carbonyl (C=O) groups excluding carboxylic acids is 1. The summed E-state index contributed by atoms with van der Waals surface area (Å²) < 4.78 is 5.16. The second kappa shape index (κ2) is 6.80. The van der Waals surface area contributed by atoms with E-state index in [0.29, 0.717) is 19.5 Å². The summed E-state index contributed by atoms with van der Waals surface area (Å²) in [5.41, 5.74) is 3.51. The van der Waals surface area contributed by atoms with Crippen LogP contribution in [0.4, 0.5) is 5.69 Å². The number of hydrogen-bond acceptors (Lipinski definition) is 3. The molecule has 0 aliphatic heterocycles. The third kappa shape index (κ3) is 3.88. The fourth-order valence-corrected chi connectivity index (χ4v) is 2.08. The molecule has 4 heteroatoms. The van der Waals surface area contributed by atoms with Crippen LogP contribution in [0.15, 0.2) is 41.0 Å². The quantitative estimate of drug-likeness (QED) is 0.850. The molecule has 0 saturated carbocycles. The molecule has 2 rings (SSSR count). The molecule has 0 atom stereocenters. The molecule has 0 bridgehead atoms. The number of aryl methyl sites for hydroxylation is 2. The highest BCUT2D eigenvalue weighted by molar-refractivity contribution is 5.76. The average Bonchev–Trinajstić information content (AvgIpc) is 2.93. The molecule has 2 aromatic rings. The largest absolute Gasteiger partial charge is 0.467 e. The molecule has 0 aliphatic carbocycles. The van der Waals surface area contributed by atoms with E-state index in [-0.39, 0.29) is 5.91 Å². The lowest BCUT2D eigenvalue weighted by Gasteiger charge is -2.12. The standard InChI is InChI=1S/C16H20N2O2/c1-12-5-3-6-13(2)16(12)17-9-8-15(19)18-11-14-7-4-10-20-14/h3-7,10,17H,8-9,11H2,1-2H3,(H,18,19). The molecule has 0 saturated heterocycles. The van der Waals surface area contributed by atoms with E-state index in [2.05, 4.69) is 36.6 Å². The molecular weight excluding hydrogens is 252 g/mol. The predicted octanol–water partition coefficient (Wildman–Crippen LogP) is 3.01. The van der Waals surface area contributed by atoms with Gasteiger partial charge in [-0.15, -0.1) is 0 Å². The van der Waals surface area contributed by atoms with Crippen molar-refractivity contribution in [1.29, 1.82) is 0 Å². The van der Waals surface area contributed by atoms with Crippen molar-refractivity contribution < 1.29 is 9.21 Å². The zero-order valence-corrected chi connectivity index (χ0v) is 11.9. The number of furan rings is 1. The Morgan fingerprint density at radius 1 is 1.15 bits per heavy atom. The second-order valence-electron chi connectivity index (χ2n) is 4.80. The van der Waals surface area contributed by atoms with Crippen LogP contribution in [0.5, 0.6) is 0 Å². The Balaban J connectivity index is 1.74. The first kappa shape index (κ1) is 14.2. The van der Waals surface area contributed by atoms with E-state index in [0.717, 1.165) is 11.4 Å². The highest BCUT2D eigenvalue weighted by atomic mass is 16.3. The van der Waals surface area contributed by atoms with E-state index in [1.807, 2.05) is 18.2 Å². The minimum atomic E-state index is 0.0140. The monoisotopic (exact) mass is 272 g/mol. The SMILES string of the molecule is Cc1cccc(C)c1NCCC(=O)NCc1ccco1. The van der Waals surface area contributed by atoms with Crippen LogP contribution in [-0.2, 0) is 11.3 Å². The van der Waals surface area contributed by atoms with Crippen molar-refractivity contribution in [2.24, 2.45) is 0 Å². The molecule has 0 spiro atoms. The number of hydrogen-bond donors (Lipinski definition) is 2. The van der Waals surface area contributed by atoms with E-state index in [1.54, 1.807) is 6.26 Å². The van der Waals surface area contributed by atoms with Gasteiger partial charge in [0.25, 0.3) is 0 Å². The van der Waals surface area contributed by atoms with Crippen molar-refractivity contribution in [3.05, 3.63) is 53.5 Å². The van der Waals surface area contributed by atoms with Crippen LogP contribution >= 0.6 is 0 Å². The van der Waals surface area contributed by atoms with Crippen molar-refractivity contribution in [3.8, 4) is 0 Å². The van der Waals surface area contributed by atoms with Crippen LogP contribution in [0.25, 0.3) is 0 Å². The number of amides is 1. The maximum absolute atomic E-state index is 11.7. The van der Waals surface area contributed by atoms with Gasteiger partial charge in [0.15, 0.2) is 0 Å². The summed E-state index contributed by atoms with van der Waals surface area (Å²) in [6.07, 6.45) is 2.04. The Labute approximate surface area is 119 Å². The van der Waals surface area contributed by atoms with Gasteiger partial charge in [0.2, 0.25) is 5.91 Å². The second-order valence-corrected chi connectivity index (χ2v) is 4.80. The molecule has 0 radical (unpaired) electrons. The maximum atomic E-state index is 11.7. The lowest BCUT2D eigenvalue weighted by atomic mass is 10.1. The van der Waals surface area contributed by atoms with Gasteiger partial charge in [-0.1, -0.05) is 18.2 Å². The van der Waals surface area contributed by atoms with E-state index >= 15 is 0 Å². The van der Waals surface area contributed by atoms with Gasteiger partial charge in [0.1, 0.15) is 5.76 Å². The number of carbonyl (C=O) groups is 1. The number of rotatable bonds is 6. The van der Waals surface area contributed by atoms with Gasteiger partial charge in [-0.3, -0.25) is 4.79 Å². The third-order valence-corrected chi connectivity index (χ3v) is 3.17. The number of para-hydroxylation sites is 1. The first-order chi connectivity index (χ1) is 9.66. The lowest BCUT2D eigenvalue weighted by molar-refractivity contribution is -0.121. The Morgan fingerprint density at radius 3 is 2.55 bits per heavy atom. The van der Waals surface area contributed by atoms with Gasteiger partial charge in [-0.2, -0.15) is 0 Å². The zero-order chi connectivity index (χ0) is 14.4. The molecule has 1 aromatic carbocycles. The Bertz CT molecular complexity index is 542. The zero-order valence-electron chi connectivity index (χ0n) is 11.9. The highest BCUT2D eigenvalue weighted by Crippen LogP contribution is 2.18. The summed E-state index contributed by atoms with van der Waals surface area (Å²) in [5, 5.41) is 6.15. The molecule has 1 amide bonds. The van der Waals surface area contributed by atoms with E-state index in [1.165, 1.54) is 11.1 Å². The van der Waals surface area contributed by atoms with Crippen molar-refractivity contribution >= 4 is 11.6 Å². The van der Waals surface area contributed by atoms with Crippen molar-refractivity contribution in [1.82, 2.24) is 5.32 Å². The minimum Gasteiger partial charge on any atom is -0.467 e. The summed E-state index contributed by atoms with van der Waals surface area (Å²) in [6.45, 7) is 5.18. The number of nitrogens with one attached hydrogen (secondary N) is 2. The average molecular weight is 272 g/mol. The summed E-state index contributed by atoms with van der Waals surface area (Å²) in [4.78, 5) is 11.7. The normalized spacial score (nSPS) is 10.3. The van der Waals surface area contributed by atoms with E-state index in [4.69, 9.17) is 4.42 Å². The van der Waals surface area contributed by atoms with Gasteiger partial charge >= 0.3 is 0 Å². The lowest BCUT2D eigenvalue weighted by Crippen LogP contribution is -2.24. The summed E-state index contributed by atoms with van der Waals surface area (Å²) >= 11 is 0. The molecular formula is C16H20N2O2. The molecule has 2 N–H and O–H groups in total. The molecule has 20 heavy (non-hydrogen) atoms. The predicted molar refractivity (Wildman–Crippen MR) is 79.6 cm³/mol. The third-order valence-electron chi connectivity index (χ3n) is 3.17. The highest BCUT2D eigenvalue weighted by Gasteiger charge is 2.04. The van der Waals surface area contributed by atoms with Crippen LogP contribution in [0, 0.1) is 13.8 Å². The molecule has 1 aromatic heterocycles. The maximum Gasteiger partial charge on any atom is 0.222 e. The number of anilines is 1. The molecule has 1 heterocycles. The van der Waals surface area contributed by atoms with Crippen LogP contribution in [0.1, 0.15) is 23.3 Å². The van der Waals surface area contributed by atoms with Crippen molar-refractivity contribution in [3.63, 3.8) is 0 Å². The van der Waals surface area contributed by atoms with E-state index in [9.17, 15) is 4.79 Å². The Kier molecular flexibility index (Phi) is 4.82. The first-order valence-electron chi connectivity index (χ1n) is 6.76. The molecule has 4 nitrogen and oxygen atoms in total.